The molecule has 6 heteroatoms. The van der Waals surface area contributed by atoms with Gasteiger partial charge in [0.1, 0.15) is 22.7 Å². The largest absolute Gasteiger partial charge is 0.503 e. The van der Waals surface area contributed by atoms with E-state index < -0.39 is 11.5 Å². The number of phenols is 2. The molecule has 0 aromatic heterocycles. The second-order valence-corrected chi connectivity index (χ2v) is 4.62. The van der Waals surface area contributed by atoms with Gasteiger partial charge >= 0.3 is 0 Å². The number of rotatable bonds is 1. The van der Waals surface area contributed by atoms with Crippen molar-refractivity contribution < 1.29 is 10.2 Å². The molecule has 0 heterocycles. The van der Waals surface area contributed by atoms with Gasteiger partial charge in [0.25, 0.3) is 0 Å². The molecule has 0 amide bonds. The van der Waals surface area contributed by atoms with Crippen LogP contribution in [0.4, 0.5) is 0 Å². The Balaban J connectivity index is 3.01. The molecule has 2 aromatic carbocycles. The van der Waals surface area contributed by atoms with Gasteiger partial charge in [-0.1, -0.05) is 41.4 Å². The van der Waals surface area contributed by atoms with Crippen LogP contribution in [0.5, 0.6) is 11.5 Å². The van der Waals surface area contributed by atoms with Crippen molar-refractivity contribution in [2.75, 3.05) is 0 Å². The standard InChI is InChI=1S/C14H6Cl2N2O2/c15-10-4-2-1-3-7(10)11-8(5-17)12(16)14(20)13(19)9(11)6-18/h1-4,19-20H. The summed E-state index contributed by atoms with van der Waals surface area (Å²) < 4.78 is 0. The van der Waals surface area contributed by atoms with Crippen LogP contribution in [0.25, 0.3) is 11.1 Å². The van der Waals surface area contributed by atoms with Crippen LogP contribution in [0.1, 0.15) is 11.1 Å². The predicted octanol–water partition coefficient (Wildman–Crippen LogP) is 3.81. The third kappa shape index (κ3) is 2.02. The van der Waals surface area contributed by atoms with Crippen LogP contribution in [0.3, 0.4) is 0 Å². The zero-order valence-electron chi connectivity index (χ0n) is 9.85. The Morgan fingerprint density at radius 3 is 2.05 bits per heavy atom. The lowest BCUT2D eigenvalue weighted by molar-refractivity contribution is 0.403. The summed E-state index contributed by atoms with van der Waals surface area (Å²) in [6.07, 6.45) is 0. The number of nitriles is 2. The Kier molecular flexibility index (Phi) is 3.72. The summed E-state index contributed by atoms with van der Waals surface area (Å²) in [4.78, 5) is 0. The zero-order valence-corrected chi connectivity index (χ0v) is 11.4. The molecular formula is C14H6Cl2N2O2. The molecule has 98 valence electrons. The number of hydrogen-bond acceptors (Lipinski definition) is 4. The maximum Gasteiger partial charge on any atom is 0.179 e. The predicted molar refractivity (Wildman–Crippen MR) is 74.7 cm³/mol. The first-order chi connectivity index (χ1) is 9.52. The highest BCUT2D eigenvalue weighted by Crippen LogP contribution is 2.46. The van der Waals surface area contributed by atoms with E-state index >= 15 is 0 Å². The van der Waals surface area contributed by atoms with E-state index in [2.05, 4.69) is 0 Å². The number of benzene rings is 2. The van der Waals surface area contributed by atoms with Crippen molar-refractivity contribution in [3.8, 4) is 34.8 Å². The Bertz CT molecular complexity index is 748. The molecule has 0 aliphatic heterocycles. The molecule has 2 N–H and O–H groups in total. The van der Waals surface area contributed by atoms with Crippen LogP contribution in [0, 0.1) is 22.7 Å². The monoisotopic (exact) mass is 304 g/mol. The van der Waals surface area contributed by atoms with Crippen LogP contribution in [-0.4, -0.2) is 10.2 Å². The number of aromatic hydroxyl groups is 2. The van der Waals surface area contributed by atoms with Crippen molar-refractivity contribution >= 4 is 23.2 Å². The molecule has 0 spiro atoms. The molecule has 2 rings (SSSR count). The fourth-order valence-corrected chi connectivity index (χ4v) is 2.30. The normalized spacial score (nSPS) is 9.80. The molecule has 0 atom stereocenters. The number of nitrogens with zero attached hydrogens (tertiary/aromatic N) is 2. The van der Waals surface area contributed by atoms with Crippen molar-refractivity contribution in [2.24, 2.45) is 0 Å². The highest BCUT2D eigenvalue weighted by molar-refractivity contribution is 6.35. The van der Waals surface area contributed by atoms with Gasteiger partial charge in [-0.2, -0.15) is 10.5 Å². The molecule has 0 radical (unpaired) electrons. The number of hydrogen-bond donors (Lipinski definition) is 2. The van der Waals surface area contributed by atoms with Crippen molar-refractivity contribution in [3.05, 3.63) is 45.4 Å². The second kappa shape index (κ2) is 5.30. The van der Waals surface area contributed by atoms with E-state index in [4.69, 9.17) is 23.2 Å². The third-order valence-electron chi connectivity index (χ3n) is 2.76. The lowest BCUT2D eigenvalue weighted by Gasteiger charge is -2.13. The summed E-state index contributed by atoms with van der Waals surface area (Å²) in [5.74, 6) is -1.37. The fraction of sp³-hybridized carbons (Fsp3) is 0. The maximum absolute atomic E-state index is 9.82. The van der Waals surface area contributed by atoms with Gasteiger partial charge in [-0.05, 0) is 6.07 Å². The number of halogens is 2. The summed E-state index contributed by atoms with van der Waals surface area (Å²) in [7, 11) is 0. The first-order valence-electron chi connectivity index (χ1n) is 5.35. The lowest BCUT2D eigenvalue weighted by Crippen LogP contribution is -1.94. The van der Waals surface area contributed by atoms with Crippen molar-refractivity contribution in [2.45, 2.75) is 0 Å². The van der Waals surface area contributed by atoms with E-state index in [1.807, 2.05) is 6.07 Å². The molecule has 0 unspecified atom stereocenters. The van der Waals surface area contributed by atoms with Gasteiger partial charge in [0.2, 0.25) is 0 Å². The minimum atomic E-state index is -0.699. The summed E-state index contributed by atoms with van der Waals surface area (Å²) >= 11 is 11.9. The van der Waals surface area contributed by atoms with Gasteiger partial charge in [0.15, 0.2) is 11.5 Å². The summed E-state index contributed by atoms with van der Waals surface area (Å²) in [6, 6.07) is 10.1. The zero-order chi connectivity index (χ0) is 14.9. The van der Waals surface area contributed by atoms with Gasteiger partial charge in [-0.15, -0.1) is 0 Å². The van der Waals surface area contributed by atoms with Crippen molar-refractivity contribution in [3.63, 3.8) is 0 Å². The van der Waals surface area contributed by atoms with E-state index in [1.165, 1.54) is 0 Å². The highest BCUT2D eigenvalue weighted by atomic mass is 35.5. The molecule has 0 bridgehead atoms. The molecule has 4 nitrogen and oxygen atoms in total. The molecular weight excluding hydrogens is 299 g/mol. The molecule has 20 heavy (non-hydrogen) atoms. The van der Waals surface area contributed by atoms with E-state index in [0.29, 0.717) is 10.6 Å². The smallest absolute Gasteiger partial charge is 0.179 e. The average molecular weight is 305 g/mol. The van der Waals surface area contributed by atoms with E-state index in [0.717, 1.165) is 0 Å². The fourth-order valence-electron chi connectivity index (χ4n) is 1.84. The van der Waals surface area contributed by atoms with Gasteiger partial charge in [-0.25, -0.2) is 0 Å². The minimum absolute atomic E-state index is 0.0981. The van der Waals surface area contributed by atoms with Crippen LogP contribution < -0.4 is 0 Å². The lowest BCUT2D eigenvalue weighted by atomic mass is 9.94. The summed E-state index contributed by atoms with van der Waals surface area (Å²) in [5, 5.41) is 37.8. The average Bonchev–Trinajstić information content (AvgIpc) is 2.45. The third-order valence-corrected chi connectivity index (χ3v) is 3.45. The molecule has 0 saturated heterocycles. The molecule has 0 fully saturated rings. The Hall–Kier alpha value is -2.40. The van der Waals surface area contributed by atoms with Gasteiger partial charge < -0.3 is 10.2 Å². The first-order valence-corrected chi connectivity index (χ1v) is 6.11. The van der Waals surface area contributed by atoms with Gasteiger partial charge in [-0.3, -0.25) is 0 Å². The van der Waals surface area contributed by atoms with Gasteiger partial charge in [0, 0.05) is 16.1 Å². The Morgan fingerprint density at radius 1 is 0.900 bits per heavy atom. The van der Waals surface area contributed by atoms with E-state index in [1.54, 1.807) is 30.3 Å². The number of phenolic OH excluding ortho intramolecular Hbond substituents is 2. The minimum Gasteiger partial charge on any atom is -0.503 e. The SMILES string of the molecule is N#Cc1c(O)c(O)c(Cl)c(C#N)c1-c1ccccc1Cl. The van der Waals surface area contributed by atoms with Crippen molar-refractivity contribution in [1.82, 2.24) is 0 Å². The first kappa shape index (κ1) is 14.0. The Morgan fingerprint density at radius 2 is 1.50 bits per heavy atom. The topological polar surface area (TPSA) is 88.0 Å². The summed E-state index contributed by atoms with van der Waals surface area (Å²) in [5.41, 5.74) is 0.100. The highest BCUT2D eigenvalue weighted by Gasteiger charge is 2.24. The van der Waals surface area contributed by atoms with Crippen molar-refractivity contribution in [1.29, 1.82) is 10.5 Å². The van der Waals surface area contributed by atoms with Gasteiger partial charge in [0.05, 0.1) is 5.56 Å². The molecule has 0 saturated carbocycles. The van der Waals surface area contributed by atoms with Crippen LogP contribution >= 0.6 is 23.2 Å². The molecule has 2 aromatic rings. The van der Waals surface area contributed by atoms with Crippen LogP contribution in [0.15, 0.2) is 24.3 Å². The quantitative estimate of drug-likeness (QED) is 0.784. The van der Waals surface area contributed by atoms with Crippen LogP contribution in [0.2, 0.25) is 10.0 Å². The van der Waals surface area contributed by atoms with Crippen LogP contribution in [-0.2, 0) is 0 Å². The maximum atomic E-state index is 9.82. The summed E-state index contributed by atoms with van der Waals surface area (Å²) in [6.45, 7) is 0. The molecule has 0 aliphatic carbocycles. The Labute approximate surface area is 124 Å². The molecule has 0 aliphatic rings. The van der Waals surface area contributed by atoms with E-state index in [-0.39, 0.29) is 21.7 Å². The second-order valence-electron chi connectivity index (χ2n) is 3.84. The van der Waals surface area contributed by atoms with E-state index in [9.17, 15) is 20.7 Å².